The van der Waals surface area contributed by atoms with E-state index in [-0.39, 0.29) is 11.3 Å². The molecule has 0 aromatic heterocycles. The number of ether oxygens (including phenoxy) is 1. The van der Waals surface area contributed by atoms with Gasteiger partial charge in [0.2, 0.25) is 5.91 Å². The average molecular weight is 298 g/mol. The monoisotopic (exact) mass is 298 g/mol. The normalized spacial score (nSPS) is 20.5. The van der Waals surface area contributed by atoms with Crippen LogP contribution in [0.1, 0.15) is 53.4 Å². The Kier molecular flexibility index (Phi) is 7.67. The number of amides is 1. The Morgan fingerprint density at radius 1 is 1.38 bits per heavy atom. The summed E-state index contributed by atoms with van der Waals surface area (Å²) in [5.74, 6) is 1.33. The Labute approximate surface area is 130 Å². The van der Waals surface area contributed by atoms with Crippen LogP contribution < -0.4 is 5.73 Å². The van der Waals surface area contributed by atoms with Crippen molar-refractivity contribution in [3.05, 3.63) is 0 Å². The van der Waals surface area contributed by atoms with E-state index in [0.717, 1.165) is 45.6 Å². The highest BCUT2D eigenvalue weighted by atomic mass is 16.5. The Morgan fingerprint density at radius 2 is 2.10 bits per heavy atom. The van der Waals surface area contributed by atoms with Gasteiger partial charge in [-0.3, -0.25) is 4.79 Å². The van der Waals surface area contributed by atoms with Gasteiger partial charge in [0.25, 0.3) is 0 Å². The van der Waals surface area contributed by atoms with Crippen LogP contribution >= 0.6 is 0 Å². The number of hydrogen-bond acceptors (Lipinski definition) is 3. The Morgan fingerprint density at radius 3 is 2.57 bits per heavy atom. The number of carbonyl (C=O) groups is 1. The third-order valence-corrected chi connectivity index (χ3v) is 4.68. The molecule has 1 amide bonds. The first kappa shape index (κ1) is 18.4. The van der Waals surface area contributed by atoms with Gasteiger partial charge in [-0.15, -0.1) is 0 Å². The van der Waals surface area contributed by atoms with Crippen LogP contribution in [-0.2, 0) is 9.53 Å². The number of rotatable bonds is 8. The zero-order valence-electron chi connectivity index (χ0n) is 14.4. The summed E-state index contributed by atoms with van der Waals surface area (Å²) < 4.78 is 5.41. The summed E-state index contributed by atoms with van der Waals surface area (Å²) in [6, 6.07) is 0. The van der Waals surface area contributed by atoms with E-state index in [4.69, 9.17) is 10.5 Å². The molecule has 1 aliphatic heterocycles. The lowest BCUT2D eigenvalue weighted by molar-refractivity contribution is -0.132. The maximum absolute atomic E-state index is 12.5. The Bertz CT molecular complexity index is 306. The summed E-state index contributed by atoms with van der Waals surface area (Å²) in [6.07, 6.45) is 3.67. The van der Waals surface area contributed by atoms with Crippen LogP contribution in [0.2, 0.25) is 0 Å². The second-order valence-corrected chi connectivity index (χ2v) is 7.34. The molecule has 0 saturated carbocycles. The minimum absolute atomic E-state index is 0.218. The van der Waals surface area contributed by atoms with E-state index < -0.39 is 0 Å². The van der Waals surface area contributed by atoms with Gasteiger partial charge in [0.05, 0.1) is 6.61 Å². The van der Waals surface area contributed by atoms with Crippen LogP contribution in [0, 0.1) is 17.3 Å². The summed E-state index contributed by atoms with van der Waals surface area (Å²) in [5.41, 5.74) is 5.94. The summed E-state index contributed by atoms with van der Waals surface area (Å²) in [6.45, 7) is 12.8. The van der Waals surface area contributed by atoms with Gasteiger partial charge in [-0.25, -0.2) is 0 Å². The zero-order chi connectivity index (χ0) is 15.9. The van der Waals surface area contributed by atoms with Crippen LogP contribution in [0.3, 0.4) is 0 Å². The smallest absolute Gasteiger partial charge is 0.222 e. The molecule has 21 heavy (non-hydrogen) atoms. The minimum Gasteiger partial charge on any atom is -0.381 e. The van der Waals surface area contributed by atoms with E-state index >= 15 is 0 Å². The topological polar surface area (TPSA) is 55.6 Å². The molecule has 2 atom stereocenters. The molecule has 1 saturated heterocycles. The van der Waals surface area contributed by atoms with E-state index in [9.17, 15) is 4.79 Å². The third kappa shape index (κ3) is 6.35. The SMILES string of the molecule is CCN(CC1CCOC1)C(=O)CCC(CCN)C(C)(C)C. The molecule has 1 aliphatic rings. The highest BCUT2D eigenvalue weighted by Gasteiger charge is 2.26. The predicted octanol–water partition coefficient (Wildman–Crippen LogP) is 2.66. The summed E-state index contributed by atoms with van der Waals surface area (Å²) in [4.78, 5) is 14.5. The highest BCUT2D eigenvalue weighted by Crippen LogP contribution is 2.32. The minimum atomic E-state index is 0.218. The fraction of sp³-hybridized carbons (Fsp3) is 0.941. The second-order valence-electron chi connectivity index (χ2n) is 7.34. The van der Waals surface area contributed by atoms with Crippen molar-refractivity contribution < 1.29 is 9.53 Å². The van der Waals surface area contributed by atoms with Gasteiger partial charge in [0, 0.05) is 32.0 Å². The quantitative estimate of drug-likeness (QED) is 0.749. The summed E-state index contributed by atoms with van der Waals surface area (Å²) in [7, 11) is 0. The molecule has 0 bridgehead atoms. The van der Waals surface area contributed by atoms with Crippen LogP contribution in [0.15, 0.2) is 0 Å². The van der Waals surface area contributed by atoms with Crippen molar-refractivity contribution in [1.82, 2.24) is 4.90 Å². The lowest BCUT2D eigenvalue weighted by Gasteiger charge is -2.31. The van der Waals surface area contributed by atoms with Gasteiger partial charge >= 0.3 is 0 Å². The fourth-order valence-electron chi connectivity index (χ4n) is 3.11. The van der Waals surface area contributed by atoms with Crippen LogP contribution in [0.5, 0.6) is 0 Å². The summed E-state index contributed by atoms with van der Waals surface area (Å²) in [5, 5.41) is 0. The number of nitrogens with two attached hydrogens (primary N) is 1. The molecular formula is C17H34N2O2. The van der Waals surface area contributed by atoms with Gasteiger partial charge in [0.15, 0.2) is 0 Å². The molecule has 0 aromatic carbocycles. The van der Waals surface area contributed by atoms with E-state index in [2.05, 4.69) is 27.7 Å². The Hall–Kier alpha value is -0.610. The van der Waals surface area contributed by atoms with Gasteiger partial charge < -0.3 is 15.4 Å². The van der Waals surface area contributed by atoms with E-state index in [1.54, 1.807) is 0 Å². The third-order valence-electron chi connectivity index (χ3n) is 4.68. The first-order valence-corrected chi connectivity index (χ1v) is 8.44. The molecule has 0 aliphatic carbocycles. The van der Waals surface area contributed by atoms with E-state index in [1.807, 2.05) is 4.90 Å². The summed E-state index contributed by atoms with van der Waals surface area (Å²) >= 11 is 0. The van der Waals surface area contributed by atoms with Crippen molar-refractivity contribution >= 4 is 5.91 Å². The zero-order valence-corrected chi connectivity index (χ0v) is 14.4. The lowest BCUT2D eigenvalue weighted by Crippen LogP contribution is -2.36. The fourth-order valence-corrected chi connectivity index (χ4v) is 3.11. The first-order chi connectivity index (χ1) is 9.88. The van der Waals surface area contributed by atoms with Crippen LogP contribution in [0.25, 0.3) is 0 Å². The van der Waals surface area contributed by atoms with Crippen LogP contribution in [0.4, 0.5) is 0 Å². The second kappa shape index (κ2) is 8.74. The molecule has 124 valence electrons. The van der Waals surface area contributed by atoms with Crippen LogP contribution in [-0.4, -0.2) is 43.7 Å². The molecule has 2 unspecified atom stereocenters. The van der Waals surface area contributed by atoms with Gasteiger partial charge in [-0.05, 0) is 44.1 Å². The highest BCUT2D eigenvalue weighted by molar-refractivity contribution is 5.76. The van der Waals surface area contributed by atoms with Crippen molar-refractivity contribution in [2.45, 2.75) is 53.4 Å². The number of carbonyl (C=O) groups excluding carboxylic acids is 1. The van der Waals surface area contributed by atoms with Gasteiger partial charge in [-0.1, -0.05) is 20.8 Å². The largest absolute Gasteiger partial charge is 0.381 e. The molecule has 0 spiro atoms. The molecule has 4 nitrogen and oxygen atoms in total. The van der Waals surface area contributed by atoms with E-state index in [1.165, 1.54) is 0 Å². The van der Waals surface area contributed by atoms with E-state index in [0.29, 0.717) is 24.8 Å². The Balaban J connectivity index is 2.44. The van der Waals surface area contributed by atoms with Crippen molar-refractivity contribution in [2.75, 3.05) is 32.8 Å². The van der Waals surface area contributed by atoms with Gasteiger partial charge in [-0.2, -0.15) is 0 Å². The van der Waals surface area contributed by atoms with Gasteiger partial charge in [0.1, 0.15) is 0 Å². The predicted molar refractivity (Wildman–Crippen MR) is 87.0 cm³/mol. The standard InChI is InChI=1S/C17H34N2O2/c1-5-19(12-14-9-11-21-13-14)16(20)7-6-15(8-10-18)17(2,3)4/h14-15H,5-13,18H2,1-4H3. The van der Waals surface area contributed by atoms with Crippen molar-refractivity contribution in [3.63, 3.8) is 0 Å². The lowest BCUT2D eigenvalue weighted by atomic mass is 9.76. The molecule has 1 rings (SSSR count). The van der Waals surface area contributed by atoms with Crippen molar-refractivity contribution in [1.29, 1.82) is 0 Å². The molecule has 1 fully saturated rings. The first-order valence-electron chi connectivity index (χ1n) is 8.44. The molecule has 1 heterocycles. The molecular weight excluding hydrogens is 264 g/mol. The average Bonchev–Trinajstić information content (AvgIpc) is 2.92. The maximum atomic E-state index is 12.5. The van der Waals surface area contributed by atoms with Crippen molar-refractivity contribution in [2.24, 2.45) is 23.0 Å². The number of nitrogens with zero attached hydrogens (tertiary/aromatic N) is 1. The number of hydrogen-bond donors (Lipinski definition) is 1. The molecule has 0 radical (unpaired) electrons. The molecule has 0 aromatic rings. The molecule has 2 N–H and O–H groups in total. The maximum Gasteiger partial charge on any atom is 0.222 e. The molecule has 4 heteroatoms. The van der Waals surface area contributed by atoms with Crippen molar-refractivity contribution in [3.8, 4) is 0 Å².